The molecule has 2 N–H and O–H groups in total. The first-order valence-corrected chi connectivity index (χ1v) is 6.41. The van der Waals surface area contributed by atoms with E-state index in [1.807, 2.05) is 0 Å². The Balaban J connectivity index is 4.00. The molecule has 4 heteroatoms. The van der Waals surface area contributed by atoms with Gasteiger partial charge in [0.1, 0.15) is 0 Å². The average molecular weight is 246 g/mol. The maximum absolute atomic E-state index is 5.99. The van der Waals surface area contributed by atoms with Crippen molar-refractivity contribution in [2.24, 2.45) is 5.73 Å². The molecule has 0 radical (unpaired) electrons. The molecule has 0 bridgehead atoms. The van der Waals surface area contributed by atoms with Crippen LogP contribution in [0.25, 0.3) is 0 Å². The number of rotatable bonds is 10. The molecule has 104 valence electrons. The second kappa shape index (κ2) is 8.86. The van der Waals surface area contributed by atoms with Gasteiger partial charge in [0.25, 0.3) is 0 Å². The summed E-state index contributed by atoms with van der Waals surface area (Å²) in [6, 6.07) is 0.427. The lowest BCUT2D eigenvalue weighted by atomic mass is 10.00. The summed E-state index contributed by atoms with van der Waals surface area (Å²) in [5.41, 5.74) is 5.92. The molecule has 0 aliphatic carbocycles. The van der Waals surface area contributed by atoms with Crippen molar-refractivity contribution < 1.29 is 9.47 Å². The minimum absolute atomic E-state index is 0.0720. The van der Waals surface area contributed by atoms with Gasteiger partial charge < -0.3 is 15.2 Å². The van der Waals surface area contributed by atoms with Crippen molar-refractivity contribution in [2.75, 3.05) is 40.5 Å². The van der Waals surface area contributed by atoms with Crippen LogP contribution in [-0.2, 0) is 9.47 Å². The molecule has 17 heavy (non-hydrogen) atoms. The van der Waals surface area contributed by atoms with Crippen molar-refractivity contribution in [3.05, 3.63) is 0 Å². The summed E-state index contributed by atoms with van der Waals surface area (Å²) in [6.45, 7) is 9.86. The van der Waals surface area contributed by atoms with Crippen molar-refractivity contribution in [2.45, 2.75) is 45.2 Å². The minimum Gasteiger partial charge on any atom is -0.383 e. The number of methoxy groups -OCH3 is 2. The van der Waals surface area contributed by atoms with Crippen molar-refractivity contribution >= 4 is 0 Å². The lowest BCUT2D eigenvalue weighted by Crippen LogP contribution is -2.40. The highest BCUT2D eigenvalue weighted by molar-refractivity contribution is 4.74. The fourth-order valence-corrected chi connectivity index (χ4v) is 1.85. The SMILES string of the molecule is COCCN(CCCC(C)(C)N)C(C)COC. The zero-order valence-electron chi connectivity index (χ0n) is 12.2. The molecular weight excluding hydrogens is 216 g/mol. The molecule has 4 nitrogen and oxygen atoms in total. The monoisotopic (exact) mass is 246 g/mol. The van der Waals surface area contributed by atoms with Gasteiger partial charge in [-0.05, 0) is 40.2 Å². The molecule has 0 amide bonds. The van der Waals surface area contributed by atoms with Gasteiger partial charge in [-0.2, -0.15) is 0 Å². The highest BCUT2D eigenvalue weighted by Crippen LogP contribution is 2.09. The van der Waals surface area contributed by atoms with E-state index in [4.69, 9.17) is 15.2 Å². The summed E-state index contributed by atoms with van der Waals surface area (Å²) in [7, 11) is 3.48. The molecule has 0 aliphatic heterocycles. The van der Waals surface area contributed by atoms with E-state index >= 15 is 0 Å². The maximum atomic E-state index is 5.99. The second-order valence-electron chi connectivity index (χ2n) is 5.43. The van der Waals surface area contributed by atoms with Gasteiger partial charge in [0, 0.05) is 32.3 Å². The van der Waals surface area contributed by atoms with Crippen molar-refractivity contribution in [1.29, 1.82) is 0 Å². The maximum Gasteiger partial charge on any atom is 0.0615 e. The Hall–Kier alpha value is -0.160. The predicted molar refractivity (Wildman–Crippen MR) is 72.3 cm³/mol. The van der Waals surface area contributed by atoms with Crippen molar-refractivity contribution in [1.82, 2.24) is 4.90 Å². The summed E-state index contributed by atoms with van der Waals surface area (Å²) in [6.07, 6.45) is 2.15. The number of ether oxygens (including phenoxy) is 2. The lowest BCUT2D eigenvalue weighted by molar-refractivity contribution is 0.0732. The Morgan fingerprint density at radius 1 is 1.18 bits per heavy atom. The predicted octanol–water partition coefficient (Wildman–Crippen LogP) is 1.49. The van der Waals surface area contributed by atoms with Crippen LogP contribution < -0.4 is 5.73 Å². The molecule has 1 atom stereocenters. The highest BCUT2D eigenvalue weighted by atomic mass is 16.5. The molecule has 1 unspecified atom stereocenters. The van der Waals surface area contributed by atoms with E-state index < -0.39 is 0 Å². The summed E-state index contributed by atoms with van der Waals surface area (Å²) in [5.74, 6) is 0. The molecule has 0 aliphatic rings. The smallest absolute Gasteiger partial charge is 0.0615 e. The second-order valence-corrected chi connectivity index (χ2v) is 5.43. The zero-order chi connectivity index (χ0) is 13.3. The molecule has 0 aromatic carbocycles. The van der Waals surface area contributed by atoms with Gasteiger partial charge in [-0.15, -0.1) is 0 Å². The Morgan fingerprint density at radius 3 is 2.29 bits per heavy atom. The molecule has 0 spiro atoms. The quantitative estimate of drug-likeness (QED) is 0.634. The Labute approximate surface area is 106 Å². The topological polar surface area (TPSA) is 47.7 Å². The van der Waals surface area contributed by atoms with E-state index in [2.05, 4.69) is 25.7 Å². The van der Waals surface area contributed by atoms with Crippen LogP contribution in [0.2, 0.25) is 0 Å². The summed E-state index contributed by atoms with van der Waals surface area (Å²) in [5, 5.41) is 0. The lowest BCUT2D eigenvalue weighted by Gasteiger charge is -2.29. The Kier molecular flexibility index (Phi) is 8.78. The van der Waals surface area contributed by atoms with Crippen LogP contribution in [-0.4, -0.2) is 57.0 Å². The highest BCUT2D eigenvalue weighted by Gasteiger charge is 2.15. The Bertz CT molecular complexity index is 181. The first-order chi connectivity index (χ1) is 7.90. The van der Waals surface area contributed by atoms with Gasteiger partial charge in [-0.1, -0.05) is 0 Å². The van der Waals surface area contributed by atoms with Gasteiger partial charge in [-0.3, -0.25) is 4.90 Å². The summed E-state index contributed by atoms with van der Waals surface area (Å²) >= 11 is 0. The van der Waals surface area contributed by atoms with Crippen molar-refractivity contribution in [3.8, 4) is 0 Å². The molecule has 0 aromatic heterocycles. The van der Waals surface area contributed by atoms with Crippen LogP contribution in [0.15, 0.2) is 0 Å². The molecule has 0 rings (SSSR count). The third-order valence-corrected chi connectivity index (χ3v) is 2.88. The molecule has 0 fully saturated rings. The standard InChI is InChI=1S/C13H30N2O2/c1-12(11-17-5)15(9-10-16-4)8-6-7-13(2,3)14/h12H,6-11,14H2,1-5H3. The van der Waals surface area contributed by atoms with E-state index in [0.29, 0.717) is 6.04 Å². The molecule has 0 aromatic rings. The van der Waals surface area contributed by atoms with Crippen LogP contribution in [0.5, 0.6) is 0 Å². The van der Waals surface area contributed by atoms with Gasteiger partial charge in [-0.25, -0.2) is 0 Å². The molecule has 0 saturated heterocycles. The van der Waals surface area contributed by atoms with Gasteiger partial charge >= 0.3 is 0 Å². The average Bonchev–Trinajstić information content (AvgIpc) is 2.21. The molecule has 0 heterocycles. The number of hydrogen-bond donors (Lipinski definition) is 1. The normalized spacial score (nSPS) is 14.3. The zero-order valence-corrected chi connectivity index (χ0v) is 12.2. The molecular formula is C13H30N2O2. The van der Waals surface area contributed by atoms with Gasteiger partial charge in [0.05, 0.1) is 13.2 Å². The Morgan fingerprint density at radius 2 is 1.82 bits per heavy atom. The van der Waals surface area contributed by atoms with Crippen LogP contribution in [0.4, 0.5) is 0 Å². The van der Waals surface area contributed by atoms with E-state index in [-0.39, 0.29) is 5.54 Å². The number of nitrogens with zero attached hydrogens (tertiary/aromatic N) is 1. The number of hydrogen-bond acceptors (Lipinski definition) is 4. The van der Waals surface area contributed by atoms with E-state index in [1.165, 1.54) is 0 Å². The van der Waals surface area contributed by atoms with E-state index in [1.54, 1.807) is 14.2 Å². The molecule has 0 saturated carbocycles. The van der Waals surface area contributed by atoms with Crippen molar-refractivity contribution in [3.63, 3.8) is 0 Å². The minimum atomic E-state index is -0.0720. The first-order valence-electron chi connectivity index (χ1n) is 6.41. The number of nitrogens with two attached hydrogens (primary N) is 1. The van der Waals surface area contributed by atoms with Crippen LogP contribution in [0.1, 0.15) is 33.6 Å². The third-order valence-electron chi connectivity index (χ3n) is 2.88. The third kappa shape index (κ3) is 9.53. The fraction of sp³-hybridized carbons (Fsp3) is 1.00. The first kappa shape index (κ1) is 16.8. The van der Waals surface area contributed by atoms with Gasteiger partial charge in [0.2, 0.25) is 0 Å². The largest absolute Gasteiger partial charge is 0.383 e. The van der Waals surface area contributed by atoms with Crippen LogP contribution in [0, 0.1) is 0 Å². The van der Waals surface area contributed by atoms with E-state index in [0.717, 1.165) is 39.1 Å². The fourth-order valence-electron chi connectivity index (χ4n) is 1.85. The summed E-state index contributed by atoms with van der Waals surface area (Å²) in [4.78, 5) is 2.40. The summed E-state index contributed by atoms with van der Waals surface area (Å²) < 4.78 is 10.3. The van der Waals surface area contributed by atoms with Crippen LogP contribution >= 0.6 is 0 Å². The van der Waals surface area contributed by atoms with Crippen LogP contribution in [0.3, 0.4) is 0 Å². The van der Waals surface area contributed by atoms with E-state index in [9.17, 15) is 0 Å². The van der Waals surface area contributed by atoms with Gasteiger partial charge in [0.15, 0.2) is 0 Å².